The standard InChI is InChI=1S/C36H70O2/c1-4-7-10-13-15-17-18-19-20-21-22-23-25-28-31-34-36(37)38-35(32-29-26-12-9-6-3)33-30-27-24-16-14-11-8-5-2/h19-20,35H,4-18,21-34H2,1-3H3/b20-19-. The van der Waals surface area contributed by atoms with Crippen molar-refractivity contribution in [2.24, 2.45) is 0 Å². The molecule has 0 N–H and O–H groups in total. The zero-order chi connectivity index (χ0) is 27.8. The highest BCUT2D eigenvalue weighted by Gasteiger charge is 2.14. The van der Waals surface area contributed by atoms with Gasteiger partial charge in [0.05, 0.1) is 0 Å². The summed E-state index contributed by atoms with van der Waals surface area (Å²) in [6, 6.07) is 0. The fraction of sp³-hybridized carbons (Fsp3) is 0.917. The zero-order valence-corrected chi connectivity index (χ0v) is 26.6. The van der Waals surface area contributed by atoms with Crippen LogP contribution >= 0.6 is 0 Å². The van der Waals surface area contributed by atoms with Crippen molar-refractivity contribution in [1.82, 2.24) is 0 Å². The quantitative estimate of drug-likeness (QED) is 0.0502. The van der Waals surface area contributed by atoms with Gasteiger partial charge in [-0.3, -0.25) is 4.79 Å². The second kappa shape index (κ2) is 32.4. The monoisotopic (exact) mass is 535 g/mol. The Bertz CT molecular complexity index is 484. The molecular formula is C36H70O2. The zero-order valence-electron chi connectivity index (χ0n) is 26.6. The summed E-state index contributed by atoms with van der Waals surface area (Å²) in [5.74, 6) is 0.0563. The molecule has 0 aromatic carbocycles. The van der Waals surface area contributed by atoms with E-state index in [0.717, 1.165) is 25.7 Å². The van der Waals surface area contributed by atoms with Gasteiger partial charge >= 0.3 is 5.97 Å². The first-order chi connectivity index (χ1) is 18.7. The maximum absolute atomic E-state index is 12.5. The van der Waals surface area contributed by atoms with Gasteiger partial charge in [0.1, 0.15) is 6.10 Å². The van der Waals surface area contributed by atoms with Crippen molar-refractivity contribution in [2.75, 3.05) is 0 Å². The molecule has 0 aliphatic rings. The van der Waals surface area contributed by atoms with Gasteiger partial charge in [0.2, 0.25) is 0 Å². The van der Waals surface area contributed by atoms with Crippen LogP contribution in [-0.4, -0.2) is 12.1 Å². The Morgan fingerprint density at radius 2 is 0.816 bits per heavy atom. The van der Waals surface area contributed by atoms with Crippen LogP contribution in [0.5, 0.6) is 0 Å². The number of hydrogen-bond donors (Lipinski definition) is 0. The molecule has 0 aliphatic carbocycles. The van der Waals surface area contributed by atoms with Gasteiger partial charge in [-0.25, -0.2) is 0 Å². The molecule has 0 aromatic rings. The third-order valence-corrected chi connectivity index (χ3v) is 7.95. The third-order valence-electron chi connectivity index (χ3n) is 7.95. The van der Waals surface area contributed by atoms with Crippen molar-refractivity contribution < 1.29 is 9.53 Å². The number of carbonyl (C=O) groups is 1. The van der Waals surface area contributed by atoms with Gasteiger partial charge in [0.25, 0.3) is 0 Å². The van der Waals surface area contributed by atoms with Crippen molar-refractivity contribution in [2.45, 2.75) is 213 Å². The summed E-state index contributed by atoms with van der Waals surface area (Å²) in [5, 5.41) is 0. The van der Waals surface area contributed by atoms with E-state index in [9.17, 15) is 4.79 Å². The Balaban J connectivity index is 3.85. The molecule has 0 bridgehead atoms. The molecule has 226 valence electrons. The lowest BCUT2D eigenvalue weighted by Gasteiger charge is -2.18. The molecule has 38 heavy (non-hydrogen) atoms. The van der Waals surface area contributed by atoms with Crippen LogP contribution in [0.2, 0.25) is 0 Å². The number of carbonyl (C=O) groups excluding carboxylic acids is 1. The summed E-state index contributed by atoms with van der Waals surface area (Å²) < 4.78 is 5.99. The van der Waals surface area contributed by atoms with Gasteiger partial charge < -0.3 is 4.74 Å². The van der Waals surface area contributed by atoms with E-state index in [2.05, 4.69) is 32.9 Å². The van der Waals surface area contributed by atoms with Crippen LogP contribution < -0.4 is 0 Å². The van der Waals surface area contributed by atoms with Crippen LogP contribution in [0, 0.1) is 0 Å². The van der Waals surface area contributed by atoms with E-state index in [0.29, 0.717) is 6.42 Å². The van der Waals surface area contributed by atoms with Gasteiger partial charge in [-0.05, 0) is 57.8 Å². The average molecular weight is 535 g/mol. The lowest BCUT2D eigenvalue weighted by molar-refractivity contribution is -0.150. The minimum atomic E-state index is 0.0563. The predicted molar refractivity (Wildman–Crippen MR) is 170 cm³/mol. The fourth-order valence-electron chi connectivity index (χ4n) is 5.33. The summed E-state index contributed by atoms with van der Waals surface area (Å²) in [6.45, 7) is 6.83. The van der Waals surface area contributed by atoms with E-state index in [-0.39, 0.29) is 12.1 Å². The maximum atomic E-state index is 12.5. The van der Waals surface area contributed by atoms with E-state index < -0.39 is 0 Å². The summed E-state index contributed by atoms with van der Waals surface area (Å²) in [4.78, 5) is 12.5. The molecule has 0 rings (SSSR count). The molecule has 0 heterocycles. The Hall–Kier alpha value is -0.790. The molecule has 0 aliphatic heterocycles. The summed E-state index contributed by atoms with van der Waals surface area (Å²) in [5.41, 5.74) is 0. The first-order valence-corrected chi connectivity index (χ1v) is 17.6. The number of unbranched alkanes of at least 4 members (excludes halogenated alkanes) is 22. The molecule has 0 fully saturated rings. The molecule has 0 radical (unpaired) electrons. The summed E-state index contributed by atoms with van der Waals surface area (Å²) in [7, 11) is 0. The first kappa shape index (κ1) is 37.2. The lowest BCUT2D eigenvalue weighted by Crippen LogP contribution is -2.18. The molecule has 0 saturated heterocycles. The first-order valence-electron chi connectivity index (χ1n) is 17.6. The molecular weight excluding hydrogens is 464 g/mol. The lowest BCUT2D eigenvalue weighted by atomic mass is 10.0. The smallest absolute Gasteiger partial charge is 0.306 e. The van der Waals surface area contributed by atoms with E-state index in [1.54, 1.807) is 0 Å². The highest BCUT2D eigenvalue weighted by atomic mass is 16.5. The topological polar surface area (TPSA) is 26.3 Å². The number of esters is 1. The fourth-order valence-corrected chi connectivity index (χ4v) is 5.33. The van der Waals surface area contributed by atoms with Crippen LogP contribution in [-0.2, 0) is 9.53 Å². The maximum Gasteiger partial charge on any atom is 0.306 e. The van der Waals surface area contributed by atoms with Crippen LogP contribution in [0.3, 0.4) is 0 Å². The Morgan fingerprint density at radius 3 is 1.24 bits per heavy atom. The molecule has 1 unspecified atom stereocenters. The second-order valence-electron chi connectivity index (χ2n) is 11.9. The summed E-state index contributed by atoms with van der Waals surface area (Å²) >= 11 is 0. The molecule has 0 aromatic heterocycles. The van der Waals surface area contributed by atoms with Crippen molar-refractivity contribution in [3.8, 4) is 0 Å². The average Bonchev–Trinajstić information content (AvgIpc) is 2.92. The highest BCUT2D eigenvalue weighted by Crippen LogP contribution is 2.18. The number of ether oxygens (including phenoxy) is 1. The Labute approximate surface area is 240 Å². The Kier molecular flexibility index (Phi) is 31.7. The van der Waals surface area contributed by atoms with Crippen molar-refractivity contribution in [3.05, 3.63) is 12.2 Å². The minimum absolute atomic E-state index is 0.0563. The molecule has 0 amide bonds. The van der Waals surface area contributed by atoms with Crippen LogP contribution in [0.15, 0.2) is 12.2 Å². The SMILES string of the molecule is CCCCCCCC/C=C\CCCCCCCC(=O)OC(CCCCCCC)CCCCCCCCCC. The van der Waals surface area contributed by atoms with Crippen molar-refractivity contribution in [3.63, 3.8) is 0 Å². The van der Waals surface area contributed by atoms with E-state index in [1.165, 1.54) is 154 Å². The molecule has 2 nitrogen and oxygen atoms in total. The molecule has 2 heteroatoms. The minimum Gasteiger partial charge on any atom is -0.462 e. The summed E-state index contributed by atoms with van der Waals surface area (Å²) in [6.07, 6.45) is 41.6. The molecule has 1 atom stereocenters. The Morgan fingerprint density at radius 1 is 0.474 bits per heavy atom. The van der Waals surface area contributed by atoms with Crippen LogP contribution in [0.1, 0.15) is 207 Å². The highest BCUT2D eigenvalue weighted by molar-refractivity contribution is 5.69. The van der Waals surface area contributed by atoms with Gasteiger partial charge in [0.15, 0.2) is 0 Å². The van der Waals surface area contributed by atoms with Gasteiger partial charge in [-0.15, -0.1) is 0 Å². The number of rotatable bonds is 31. The largest absolute Gasteiger partial charge is 0.462 e. The predicted octanol–water partition coefficient (Wildman–Crippen LogP) is 12.8. The number of allylic oxidation sites excluding steroid dienone is 2. The van der Waals surface area contributed by atoms with Crippen LogP contribution in [0.4, 0.5) is 0 Å². The normalized spacial score (nSPS) is 12.4. The van der Waals surface area contributed by atoms with Gasteiger partial charge in [0, 0.05) is 6.42 Å². The van der Waals surface area contributed by atoms with Gasteiger partial charge in [-0.1, -0.05) is 155 Å². The van der Waals surface area contributed by atoms with E-state index in [4.69, 9.17) is 4.74 Å². The van der Waals surface area contributed by atoms with Crippen LogP contribution in [0.25, 0.3) is 0 Å². The second-order valence-corrected chi connectivity index (χ2v) is 11.9. The van der Waals surface area contributed by atoms with Crippen molar-refractivity contribution >= 4 is 5.97 Å². The molecule has 0 saturated carbocycles. The van der Waals surface area contributed by atoms with Crippen molar-refractivity contribution in [1.29, 1.82) is 0 Å². The van der Waals surface area contributed by atoms with E-state index >= 15 is 0 Å². The van der Waals surface area contributed by atoms with E-state index in [1.807, 2.05) is 0 Å². The third kappa shape index (κ3) is 29.8. The van der Waals surface area contributed by atoms with Gasteiger partial charge in [-0.2, -0.15) is 0 Å². The molecule has 0 spiro atoms. The number of hydrogen-bond acceptors (Lipinski definition) is 2.